The van der Waals surface area contributed by atoms with Gasteiger partial charge in [0.15, 0.2) is 0 Å². The van der Waals surface area contributed by atoms with Crippen LogP contribution in [0.2, 0.25) is 0 Å². The maximum Gasteiger partial charge on any atom is 0.348 e. The standard InChI is InChI=1S/C21H24N2O4S/c1-4-27-21(26)19-14(3)9-17(28-19)22-20(25)16-10-18(24)23(12-16)11-15-7-5-13(2)6-8-15/h5-9,16H,4,10-12H2,1-3H3,(H,22,25). The fourth-order valence-corrected chi connectivity index (χ4v) is 4.15. The number of benzene rings is 1. The number of nitrogens with one attached hydrogen (secondary N) is 1. The van der Waals surface area contributed by atoms with Crippen LogP contribution < -0.4 is 5.32 Å². The Morgan fingerprint density at radius 3 is 2.64 bits per heavy atom. The molecule has 2 aromatic rings. The van der Waals surface area contributed by atoms with Crippen LogP contribution in [0.15, 0.2) is 30.3 Å². The van der Waals surface area contributed by atoms with E-state index in [4.69, 9.17) is 4.74 Å². The Kier molecular flexibility index (Phi) is 6.14. The second-order valence-corrected chi connectivity index (χ2v) is 8.05. The molecule has 1 fully saturated rings. The largest absolute Gasteiger partial charge is 0.462 e. The van der Waals surface area contributed by atoms with E-state index in [-0.39, 0.29) is 24.2 Å². The number of amides is 2. The quantitative estimate of drug-likeness (QED) is 0.753. The van der Waals surface area contributed by atoms with Crippen LogP contribution in [0.5, 0.6) is 0 Å². The Morgan fingerprint density at radius 1 is 1.25 bits per heavy atom. The molecule has 3 rings (SSSR count). The molecule has 2 amide bonds. The Labute approximate surface area is 168 Å². The molecule has 1 aliphatic heterocycles. The highest BCUT2D eigenvalue weighted by Gasteiger charge is 2.34. The van der Waals surface area contributed by atoms with Gasteiger partial charge >= 0.3 is 5.97 Å². The van der Waals surface area contributed by atoms with Gasteiger partial charge in [-0.3, -0.25) is 9.59 Å². The Morgan fingerprint density at radius 2 is 1.96 bits per heavy atom. The number of aryl methyl sites for hydroxylation is 2. The zero-order chi connectivity index (χ0) is 20.3. The number of ether oxygens (including phenoxy) is 1. The van der Waals surface area contributed by atoms with Crippen molar-refractivity contribution < 1.29 is 19.1 Å². The summed E-state index contributed by atoms with van der Waals surface area (Å²) in [5, 5.41) is 3.44. The monoisotopic (exact) mass is 400 g/mol. The maximum atomic E-state index is 12.6. The molecule has 1 unspecified atom stereocenters. The van der Waals surface area contributed by atoms with Crippen molar-refractivity contribution in [2.75, 3.05) is 18.5 Å². The lowest BCUT2D eigenvalue weighted by Gasteiger charge is -2.16. The molecule has 6 nitrogen and oxygen atoms in total. The summed E-state index contributed by atoms with van der Waals surface area (Å²) >= 11 is 1.20. The molecule has 148 valence electrons. The summed E-state index contributed by atoms with van der Waals surface area (Å²) in [5.74, 6) is -0.996. The number of hydrogen-bond acceptors (Lipinski definition) is 5. The van der Waals surface area contributed by atoms with Gasteiger partial charge in [-0.05, 0) is 38.0 Å². The van der Waals surface area contributed by atoms with Crippen LogP contribution in [0.4, 0.5) is 5.00 Å². The van der Waals surface area contributed by atoms with Gasteiger partial charge in [0, 0.05) is 19.5 Å². The SMILES string of the molecule is CCOC(=O)c1sc(NC(=O)C2CC(=O)N(Cc3ccc(C)cc3)C2)cc1C. The first-order valence-electron chi connectivity index (χ1n) is 9.29. The van der Waals surface area contributed by atoms with Gasteiger partial charge in [0.05, 0.1) is 17.5 Å². The van der Waals surface area contributed by atoms with Crippen LogP contribution in [0.3, 0.4) is 0 Å². The summed E-state index contributed by atoms with van der Waals surface area (Å²) in [7, 11) is 0. The third kappa shape index (κ3) is 4.59. The van der Waals surface area contributed by atoms with Crippen molar-refractivity contribution in [2.24, 2.45) is 5.92 Å². The first kappa shape index (κ1) is 20.1. The van der Waals surface area contributed by atoms with Gasteiger partial charge < -0.3 is 15.0 Å². The average Bonchev–Trinajstić information content (AvgIpc) is 3.20. The smallest absolute Gasteiger partial charge is 0.348 e. The third-order valence-corrected chi connectivity index (χ3v) is 5.84. The predicted octanol–water partition coefficient (Wildman–Crippen LogP) is 3.53. The zero-order valence-electron chi connectivity index (χ0n) is 16.3. The molecule has 0 saturated carbocycles. The molecule has 0 radical (unpaired) electrons. The van der Waals surface area contributed by atoms with Crippen molar-refractivity contribution in [3.8, 4) is 0 Å². The number of thiophene rings is 1. The Hall–Kier alpha value is -2.67. The number of hydrogen-bond donors (Lipinski definition) is 1. The molecule has 0 bridgehead atoms. The van der Waals surface area contributed by atoms with Crippen molar-refractivity contribution in [2.45, 2.75) is 33.7 Å². The number of esters is 1. The number of likely N-dealkylation sites (tertiary alicyclic amines) is 1. The van der Waals surface area contributed by atoms with E-state index in [2.05, 4.69) is 5.32 Å². The lowest BCUT2D eigenvalue weighted by molar-refractivity contribution is -0.128. The highest BCUT2D eigenvalue weighted by Crippen LogP contribution is 2.29. The highest BCUT2D eigenvalue weighted by atomic mass is 32.1. The minimum Gasteiger partial charge on any atom is -0.462 e. The lowest BCUT2D eigenvalue weighted by atomic mass is 10.1. The van der Waals surface area contributed by atoms with Gasteiger partial charge in [0.1, 0.15) is 4.88 Å². The van der Waals surface area contributed by atoms with E-state index in [1.54, 1.807) is 24.8 Å². The zero-order valence-corrected chi connectivity index (χ0v) is 17.1. The van der Waals surface area contributed by atoms with Gasteiger partial charge in [-0.1, -0.05) is 29.8 Å². The summed E-state index contributed by atoms with van der Waals surface area (Å²) in [6.45, 7) is 6.79. The molecule has 0 aliphatic carbocycles. The van der Waals surface area contributed by atoms with Crippen molar-refractivity contribution >= 4 is 34.1 Å². The number of carbonyl (C=O) groups is 3. The molecule has 1 aromatic carbocycles. The van der Waals surface area contributed by atoms with E-state index < -0.39 is 5.92 Å². The highest BCUT2D eigenvalue weighted by molar-refractivity contribution is 7.18. The number of anilines is 1. The van der Waals surface area contributed by atoms with Gasteiger partial charge in [-0.15, -0.1) is 11.3 Å². The predicted molar refractivity (Wildman–Crippen MR) is 108 cm³/mol. The van der Waals surface area contributed by atoms with Crippen molar-refractivity contribution in [1.29, 1.82) is 0 Å². The maximum absolute atomic E-state index is 12.6. The van der Waals surface area contributed by atoms with Gasteiger partial charge in [0.25, 0.3) is 0 Å². The van der Waals surface area contributed by atoms with Crippen LogP contribution >= 0.6 is 11.3 Å². The summed E-state index contributed by atoms with van der Waals surface area (Å²) in [6, 6.07) is 9.79. The van der Waals surface area contributed by atoms with Gasteiger partial charge in [-0.25, -0.2) is 4.79 Å². The van der Waals surface area contributed by atoms with E-state index in [0.717, 1.165) is 11.1 Å². The van der Waals surface area contributed by atoms with Crippen molar-refractivity contribution in [3.05, 3.63) is 51.9 Å². The minimum absolute atomic E-state index is 0.0182. The molecule has 1 N–H and O–H groups in total. The fourth-order valence-electron chi connectivity index (χ4n) is 3.18. The number of nitrogens with zero attached hydrogens (tertiary/aromatic N) is 1. The molecule has 0 spiro atoms. The van der Waals surface area contributed by atoms with Gasteiger partial charge in [-0.2, -0.15) is 0 Å². The van der Waals surface area contributed by atoms with Gasteiger partial charge in [0.2, 0.25) is 11.8 Å². The second kappa shape index (κ2) is 8.56. The first-order valence-corrected chi connectivity index (χ1v) is 10.1. The summed E-state index contributed by atoms with van der Waals surface area (Å²) in [6.07, 6.45) is 0.201. The molecule has 1 aliphatic rings. The van der Waals surface area contributed by atoms with Crippen LogP contribution in [0.1, 0.15) is 39.7 Å². The summed E-state index contributed by atoms with van der Waals surface area (Å²) < 4.78 is 5.03. The topological polar surface area (TPSA) is 75.7 Å². The molecule has 1 saturated heterocycles. The molecule has 7 heteroatoms. The normalized spacial score (nSPS) is 16.3. The first-order chi connectivity index (χ1) is 13.4. The van der Waals surface area contributed by atoms with Crippen molar-refractivity contribution in [3.63, 3.8) is 0 Å². The third-order valence-electron chi connectivity index (χ3n) is 4.70. The van der Waals surface area contributed by atoms with Crippen LogP contribution in [-0.2, 0) is 20.9 Å². The molecule has 1 aromatic heterocycles. The molecular formula is C21H24N2O4S. The Balaban J connectivity index is 1.61. The Bertz CT molecular complexity index is 888. The van der Waals surface area contributed by atoms with Crippen molar-refractivity contribution in [1.82, 2.24) is 4.90 Å². The fraction of sp³-hybridized carbons (Fsp3) is 0.381. The van der Waals surface area contributed by atoms with E-state index in [1.807, 2.05) is 31.2 Å². The minimum atomic E-state index is -0.397. The summed E-state index contributed by atoms with van der Waals surface area (Å²) in [4.78, 5) is 39.1. The molecule has 2 heterocycles. The van der Waals surface area contributed by atoms with Crippen LogP contribution in [0.25, 0.3) is 0 Å². The van der Waals surface area contributed by atoms with Crippen LogP contribution in [-0.4, -0.2) is 35.8 Å². The molecule has 1 atom stereocenters. The second-order valence-electron chi connectivity index (χ2n) is 6.99. The summed E-state index contributed by atoms with van der Waals surface area (Å²) in [5.41, 5.74) is 2.98. The van der Waals surface area contributed by atoms with Crippen LogP contribution in [0, 0.1) is 19.8 Å². The number of rotatable bonds is 6. The number of carbonyl (C=O) groups excluding carboxylic acids is 3. The van der Waals surface area contributed by atoms with E-state index in [0.29, 0.717) is 29.6 Å². The van der Waals surface area contributed by atoms with E-state index >= 15 is 0 Å². The lowest BCUT2D eigenvalue weighted by Crippen LogP contribution is -2.27. The average molecular weight is 401 g/mol. The van der Waals surface area contributed by atoms with E-state index in [9.17, 15) is 14.4 Å². The molecular weight excluding hydrogens is 376 g/mol. The van der Waals surface area contributed by atoms with E-state index in [1.165, 1.54) is 16.9 Å². The molecule has 28 heavy (non-hydrogen) atoms.